The Morgan fingerprint density at radius 2 is 1.50 bits per heavy atom. The monoisotopic (exact) mass is 410 g/mol. The zero-order chi connectivity index (χ0) is 22.7. The van der Waals surface area contributed by atoms with Crippen LogP contribution in [0.1, 0.15) is 77.8 Å². The summed E-state index contributed by atoms with van der Waals surface area (Å²) in [7, 11) is 0. The van der Waals surface area contributed by atoms with Gasteiger partial charge in [0.15, 0.2) is 5.78 Å². The Morgan fingerprint density at radius 1 is 0.867 bits per heavy atom. The van der Waals surface area contributed by atoms with Gasteiger partial charge in [0, 0.05) is 12.0 Å². The van der Waals surface area contributed by atoms with E-state index < -0.39 is 0 Å². The van der Waals surface area contributed by atoms with Gasteiger partial charge < -0.3 is 10.2 Å². The van der Waals surface area contributed by atoms with Crippen LogP contribution < -0.4 is 0 Å². The molecule has 0 aromatic heterocycles. The van der Waals surface area contributed by atoms with Crippen LogP contribution in [0.25, 0.3) is 0 Å². The van der Waals surface area contributed by atoms with E-state index in [9.17, 15) is 15.0 Å². The number of allylic oxidation sites excluding steroid dienone is 8. The minimum atomic E-state index is 0.0989. The summed E-state index contributed by atoms with van der Waals surface area (Å²) in [6.45, 7) is 12.1. The van der Waals surface area contributed by atoms with Gasteiger partial charge in [-0.15, -0.1) is 0 Å². The quantitative estimate of drug-likeness (QED) is 0.229. The highest BCUT2D eigenvalue weighted by Crippen LogP contribution is 2.28. The molecule has 0 radical (unpaired) electrons. The lowest BCUT2D eigenvalue weighted by Crippen LogP contribution is -1.96. The van der Waals surface area contributed by atoms with Crippen molar-refractivity contribution in [1.82, 2.24) is 0 Å². The van der Waals surface area contributed by atoms with E-state index in [4.69, 9.17) is 0 Å². The number of aryl methyl sites for hydroxylation is 1. The lowest BCUT2D eigenvalue weighted by atomic mass is 10.0. The van der Waals surface area contributed by atoms with E-state index in [0.29, 0.717) is 24.0 Å². The first-order valence-corrected chi connectivity index (χ1v) is 10.7. The summed E-state index contributed by atoms with van der Waals surface area (Å²) in [5.41, 5.74) is 6.13. The first-order chi connectivity index (χ1) is 14.1. The summed E-state index contributed by atoms with van der Waals surface area (Å²) in [4.78, 5) is 12.3. The molecule has 0 saturated carbocycles. The first kappa shape index (κ1) is 25.5. The maximum absolute atomic E-state index is 12.3. The van der Waals surface area contributed by atoms with Crippen molar-refractivity contribution in [3.8, 4) is 11.5 Å². The summed E-state index contributed by atoms with van der Waals surface area (Å²) in [6.07, 6.45) is 13.1. The van der Waals surface area contributed by atoms with Crippen LogP contribution >= 0.6 is 0 Å². The number of phenolic OH excluding ortho intramolecular Hbond substituents is 2. The third kappa shape index (κ3) is 10.3. The second kappa shape index (κ2) is 12.9. The molecule has 0 aliphatic heterocycles. The van der Waals surface area contributed by atoms with Gasteiger partial charge >= 0.3 is 0 Å². The zero-order valence-electron chi connectivity index (χ0n) is 19.5. The predicted molar refractivity (Wildman–Crippen MR) is 127 cm³/mol. The van der Waals surface area contributed by atoms with Crippen LogP contribution in [0.3, 0.4) is 0 Å². The van der Waals surface area contributed by atoms with Crippen molar-refractivity contribution in [2.24, 2.45) is 0 Å². The van der Waals surface area contributed by atoms with Gasteiger partial charge in [0.25, 0.3) is 0 Å². The van der Waals surface area contributed by atoms with E-state index in [2.05, 4.69) is 32.9 Å². The molecule has 1 rings (SSSR count). The molecule has 0 amide bonds. The van der Waals surface area contributed by atoms with E-state index in [1.54, 1.807) is 19.1 Å². The lowest BCUT2D eigenvalue weighted by Gasteiger charge is -2.07. The van der Waals surface area contributed by atoms with Gasteiger partial charge in [-0.1, -0.05) is 40.5 Å². The van der Waals surface area contributed by atoms with Gasteiger partial charge in [0.1, 0.15) is 11.5 Å². The third-order valence-corrected chi connectivity index (χ3v) is 5.02. The molecular formula is C27H38O3. The largest absolute Gasteiger partial charge is 0.508 e. The molecular weight excluding hydrogens is 372 g/mol. The number of aromatic hydroxyl groups is 2. The van der Waals surface area contributed by atoms with Crippen LogP contribution in [0, 0.1) is 6.92 Å². The molecule has 2 N–H and O–H groups in total. The van der Waals surface area contributed by atoms with Crippen molar-refractivity contribution >= 4 is 5.78 Å². The van der Waals surface area contributed by atoms with Gasteiger partial charge in [-0.3, -0.25) is 4.79 Å². The van der Waals surface area contributed by atoms with E-state index in [-0.39, 0.29) is 17.3 Å². The van der Waals surface area contributed by atoms with Crippen LogP contribution in [0.15, 0.2) is 58.7 Å². The van der Waals surface area contributed by atoms with Crippen LogP contribution in [0.2, 0.25) is 0 Å². The molecule has 0 unspecified atom stereocenters. The molecule has 30 heavy (non-hydrogen) atoms. The second-order valence-corrected chi connectivity index (χ2v) is 8.57. The fourth-order valence-electron chi connectivity index (χ4n) is 3.25. The zero-order valence-corrected chi connectivity index (χ0v) is 19.5. The number of phenols is 2. The van der Waals surface area contributed by atoms with E-state index in [0.717, 1.165) is 36.8 Å². The Labute approximate surface area is 182 Å². The molecule has 1 aromatic carbocycles. The Hall–Kier alpha value is -2.55. The molecule has 0 heterocycles. The average Bonchev–Trinajstić information content (AvgIpc) is 2.62. The molecule has 0 spiro atoms. The number of hydrogen-bond donors (Lipinski definition) is 2. The highest BCUT2D eigenvalue weighted by Gasteiger charge is 2.07. The molecule has 3 heteroatoms. The number of carbonyl (C=O) groups is 1. The summed E-state index contributed by atoms with van der Waals surface area (Å²) in [6, 6.07) is 3.10. The maximum Gasteiger partial charge on any atom is 0.159 e. The molecule has 164 valence electrons. The van der Waals surface area contributed by atoms with Crippen molar-refractivity contribution in [1.29, 1.82) is 0 Å². The smallest absolute Gasteiger partial charge is 0.159 e. The maximum atomic E-state index is 12.3. The molecule has 0 saturated heterocycles. The average molecular weight is 411 g/mol. The summed E-state index contributed by atoms with van der Waals surface area (Å²) in [5.74, 6) is 0.437. The van der Waals surface area contributed by atoms with Crippen molar-refractivity contribution in [2.75, 3.05) is 0 Å². The van der Waals surface area contributed by atoms with E-state index >= 15 is 0 Å². The summed E-state index contributed by atoms with van der Waals surface area (Å²) in [5, 5.41) is 19.8. The number of benzene rings is 1. The van der Waals surface area contributed by atoms with Gasteiger partial charge in [0.05, 0.1) is 0 Å². The fraction of sp³-hybridized carbons (Fsp3) is 0.444. The number of hydrogen-bond acceptors (Lipinski definition) is 3. The van der Waals surface area contributed by atoms with Crippen molar-refractivity contribution in [3.63, 3.8) is 0 Å². The Kier molecular flexibility index (Phi) is 11.0. The highest BCUT2D eigenvalue weighted by molar-refractivity contribution is 5.91. The number of rotatable bonds is 11. The number of ketones is 1. The molecule has 0 atom stereocenters. The molecule has 3 nitrogen and oxygen atoms in total. The normalized spacial score (nSPS) is 12.8. The molecule has 0 bridgehead atoms. The van der Waals surface area contributed by atoms with Crippen LogP contribution in [0.5, 0.6) is 11.5 Å². The Morgan fingerprint density at radius 3 is 2.17 bits per heavy atom. The van der Waals surface area contributed by atoms with Crippen molar-refractivity contribution in [3.05, 3.63) is 69.9 Å². The third-order valence-electron chi connectivity index (χ3n) is 5.02. The molecule has 0 aliphatic carbocycles. The Balaban J connectivity index is 2.52. The number of carbonyl (C=O) groups excluding carboxylic acids is 1. The van der Waals surface area contributed by atoms with Crippen LogP contribution in [0.4, 0.5) is 0 Å². The topological polar surface area (TPSA) is 57.5 Å². The predicted octanol–water partition coefficient (Wildman–Crippen LogP) is 7.27. The van der Waals surface area contributed by atoms with Crippen molar-refractivity contribution < 1.29 is 15.0 Å². The fourth-order valence-corrected chi connectivity index (χ4v) is 3.25. The first-order valence-electron chi connectivity index (χ1n) is 10.7. The minimum absolute atomic E-state index is 0.0989. The van der Waals surface area contributed by atoms with Gasteiger partial charge in [-0.25, -0.2) is 0 Å². The summed E-state index contributed by atoms with van der Waals surface area (Å²) >= 11 is 0. The standard InChI is InChI=1S/C27H38O3/c1-19(2)9-7-10-20(3)11-8-12-21(4)15-25(28)16-22(5)13-14-24-18-26(29)17-23(6)27(24)30/h9,11,13,15,17-18,29-30H,7-8,10,12,14,16H2,1-6H3. The molecule has 0 fully saturated rings. The lowest BCUT2D eigenvalue weighted by molar-refractivity contribution is -0.114. The van der Waals surface area contributed by atoms with Crippen LogP contribution in [-0.2, 0) is 11.2 Å². The second-order valence-electron chi connectivity index (χ2n) is 8.57. The van der Waals surface area contributed by atoms with Gasteiger partial charge in [-0.2, -0.15) is 0 Å². The van der Waals surface area contributed by atoms with Gasteiger partial charge in [0.2, 0.25) is 0 Å². The minimum Gasteiger partial charge on any atom is -0.508 e. The highest BCUT2D eigenvalue weighted by atomic mass is 16.3. The van der Waals surface area contributed by atoms with E-state index in [1.165, 1.54) is 17.2 Å². The molecule has 0 aliphatic rings. The SMILES string of the molecule is CC(C)=CCCC(C)=CCCC(C)=CC(=O)CC(C)=CCc1cc(O)cc(C)c1O. The molecule has 1 aromatic rings. The van der Waals surface area contributed by atoms with E-state index in [1.807, 2.05) is 19.9 Å². The van der Waals surface area contributed by atoms with Crippen LogP contribution in [-0.4, -0.2) is 16.0 Å². The summed E-state index contributed by atoms with van der Waals surface area (Å²) < 4.78 is 0. The Bertz CT molecular complexity index is 847. The van der Waals surface area contributed by atoms with Gasteiger partial charge in [-0.05, 0) is 97.4 Å². The van der Waals surface area contributed by atoms with Crippen molar-refractivity contribution in [2.45, 2.75) is 80.1 Å².